The first-order chi connectivity index (χ1) is 17.8. The highest BCUT2D eigenvalue weighted by atomic mass is 32.2. The number of halogens is 1. The van der Waals surface area contributed by atoms with Crippen LogP contribution in [-0.2, 0) is 11.3 Å². The van der Waals surface area contributed by atoms with Crippen LogP contribution in [0.15, 0.2) is 34.0 Å². The number of pyridine rings is 1. The summed E-state index contributed by atoms with van der Waals surface area (Å²) in [6, 6.07) is 8.78. The summed E-state index contributed by atoms with van der Waals surface area (Å²) in [6.07, 6.45) is 3.59. The molecule has 0 aliphatic carbocycles. The van der Waals surface area contributed by atoms with Crippen LogP contribution in [0.2, 0.25) is 0 Å². The number of amides is 1. The highest BCUT2D eigenvalue weighted by Crippen LogP contribution is 2.36. The number of carbonyl (C=O) groups excluding carboxylic acids is 1. The van der Waals surface area contributed by atoms with Gasteiger partial charge >= 0.3 is 0 Å². The van der Waals surface area contributed by atoms with E-state index >= 15 is 0 Å². The summed E-state index contributed by atoms with van der Waals surface area (Å²) in [5, 5.41) is 9.78. The molecule has 0 N–H and O–H groups in total. The van der Waals surface area contributed by atoms with Crippen molar-refractivity contribution in [3.8, 4) is 6.07 Å². The fourth-order valence-electron chi connectivity index (χ4n) is 4.79. The maximum atomic E-state index is 14.4. The maximum Gasteiger partial charge on any atom is 0.270 e. The molecule has 37 heavy (non-hydrogen) atoms. The quantitative estimate of drug-likeness (QED) is 0.379. The second kappa shape index (κ2) is 11.5. The third-order valence-electron chi connectivity index (χ3n) is 6.82. The van der Waals surface area contributed by atoms with Gasteiger partial charge in [0, 0.05) is 44.8 Å². The molecule has 2 saturated heterocycles. The van der Waals surface area contributed by atoms with E-state index in [1.807, 2.05) is 17.9 Å². The first kappa shape index (κ1) is 26.9. The molecule has 0 spiro atoms. The topological polar surface area (TPSA) is 72.6 Å². The summed E-state index contributed by atoms with van der Waals surface area (Å²) in [7, 11) is 0. The number of nitrogens with zero attached hydrogens (tertiary/aromatic N) is 5. The number of benzene rings is 1. The average molecular weight is 540 g/mol. The Morgan fingerprint density at radius 3 is 2.43 bits per heavy atom. The third kappa shape index (κ3) is 5.15. The van der Waals surface area contributed by atoms with E-state index in [0.717, 1.165) is 12.8 Å². The molecule has 0 bridgehead atoms. The SMILES string of the molecule is CCCCN1C(=O)/C(=C/c2c(C)c(C#N)c(=O)n(CC)c2N2CCN(c3ccccc3F)CC2)SC1=S. The number of anilines is 2. The van der Waals surface area contributed by atoms with E-state index in [4.69, 9.17) is 12.2 Å². The number of thiocarbonyl (C=S) groups is 1. The van der Waals surface area contributed by atoms with Crippen molar-refractivity contribution in [2.45, 2.75) is 40.2 Å². The van der Waals surface area contributed by atoms with Gasteiger partial charge < -0.3 is 9.80 Å². The van der Waals surface area contributed by atoms with Crippen LogP contribution in [0.5, 0.6) is 0 Å². The van der Waals surface area contributed by atoms with E-state index in [9.17, 15) is 19.2 Å². The summed E-state index contributed by atoms with van der Waals surface area (Å²) in [5.41, 5.74) is 1.50. The Morgan fingerprint density at radius 2 is 1.81 bits per heavy atom. The largest absolute Gasteiger partial charge is 0.366 e. The van der Waals surface area contributed by atoms with Crippen LogP contribution in [0, 0.1) is 24.1 Å². The fourth-order valence-corrected chi connectivity index (χ4v) is 6.08. The summed E-state index contributed by atoms with van der Waals surface area (Å²) >= 11 is 6.73. The molecule has 2 aliphatic heterocycles. The predicted octanol–water partition coefficient (Wildman–Crippen LogP) is 4.52. The number of rotatable bonds is 7. The standard InChI is InChI=1S/C27H30FN5O2S2/c1-4-6-11-33-26(35)23(37-27(33)36)16-19-18(3)20(17-29)25(34)32(5-2)24(19)31-14-12-30(13-15-31)22-10-8-7-9-21(22)28/h7-10,16H,4-6,11-15H2,1-3H3/b23-16-. The Labute approximate surface area is 226 Å². The predicted molar refractivity (Wildman–Crippen MR) is 151 cm³/mol. The van der Waals surface area contributed by atoms with Crippen LogP contribution in [-0.4, -0.2) is 52.4 Å². The summed E-state index contributed by atoms with van der Waals surface area (Å²) in [5.74, 6) is 0.267. The van der Waals surface area contributed by atoms with Crippen molar-refractivity contribution in [2.75, 3.05) is 42.5 Å². The second-order valence-electron chi connectivity index (χ2n) is 9.01. The van der Waals surface area contributed by atoms with Crippen molar-refractivity contribution >= 4 is 51.8 Å². The Kier molecular flexibility index (Phi) is 8.35. The lowest BCUT2D eigenvalue weighted by Crippen LogP contribution is -2.49. The van der Waals surface area contributed by atoms with Gasteiger partial charge in [-0.15, -0.1) is 0 Å². The summed E-state index contributed by atoms with van der Waals surface area (Å²) < 4.78 is 16.5. The normalized spacial score (nSPS) is 17.2. The van der Waals surface area contributed by atoms with Gasteiger partial charge in [0.2, 0.25) is 0 Å². The van der Waals surface area contributed by atoms with Crippen LogP contribution in [0.25, 0.3) is 6.08 Å². The Hall–Kier alpha value is -3.16. The molecule has 0 radical (unpaired) electrons. The van der Waals surface area contributed by atoms with Crippen molar-refractivity contribution in [2.24, 2.45) is 0 Å². The second-order valence-corrected chi connectivity index (χ2v) is 10.7. The average Bonchev–Trinajstić information content (AvgIpc) is 3.16. The number of nitriles is 1. The number of piperazine rings is 1. The minimum atomic E-state index is -0.346. The van der Waals surface area contributed by atoms with Gasteiger partial charge in [0.1, 0.15) is 27.6 Å². The zero-order valence-corrected chi connectivity index (χ0v) is 22.9. The van der Waals surface area contributed by atoms with Gasteiger partial charge in [-0.05, 0) is 44.0 Å². The van der Waals surface area contributed by atoms with E-state index < -0.39 is 0 Å². The van der Waals surface area contributed by atoms with Crippen LogP contribution in [0.1, 0.15) is 43.4 Å². The van der Waals surface area contributed by atoms with Crippen molar-refractivity contribution in [3.05, 3.63) is 62.0 Å². The molecule has 2 fully saturated rings. The smallest absolute Gasteiger partial charge is 0.270 e. The molecule has 10 heteroatoms. The molecule has 194 valence electrons. The van der Waals surface area contributed by atoms with Crippen LogP contribution in [0.3, 0.4) is 0 Å². The zero-order valence-electron chi connectivity index (χ0n) is 21.3. The van der Waals surface area contributed by atoms with E-state index in [-0.39, 0.29) is 22.8 Å². The third-order valence-corrected chi connectivity index (χ3v) is 8.20. The van der Waals surface area contributed by atoms with Crippen LogP contribution >= 0.6 is 24.0 Å². The van der Waals surface area contributed by atoms with Gasteiger partial charge in [-0.3, -0.25) is 19.1 Å². The summed E-state index contributed by atoms with van der Waals surface area (Å²) in [6.45, 7) is 8.86. The molecule has 0 unspecified atom stereocenters. The molecule has 1 aromatic carbocycles. The molecule has 4 rings (SSSR count). The number of carbonyl (C=O) groups is 1. The monoisotopic (exact) mass is 539 g/mol. The molecule has 2 aromatic rings. The lowest BCUT2D eigenvalue weighted by molar-refractivity contribution is -0.122. The molecule has 7 nitrogen and oxygen atoms in total. The maximum absolute atomic E-state index is 14.4. The first-order valence-corrected chi connectivity index (χ1v) is 13.7. The first-order valence-electron chi connectivity index (χ1n) is 12.5. The van der Waals surface area contributed by atoms with Gasteiger partial charge in [-0.2, -0.15) is 5.26 Å². The van der Waals surface area contributed by atoms with Gasteiger partial charge in [-0.1, -0.05) is 49.5 Å². The number of para-hydroxylation sites is 1. The highest BCUT2D eigenvalue weighted by Gasteiger charge is 2.33. The molecular weight excluding hydrogens is 509 g/mol. The molecule has 0 saturated carbocycles. The molecule has 0 atom stereocenters. The zero-order chi connectivity index (χ0) is 26.7. The van der Waals surface area contributed by atoms with Gasteiger partial charge in [-0.25, -0.2) is 4.39 Å². The molecule has 1 aromatic heterocycles. The van der Waals surface area contributed by atoms with Gasteiger partial charge in [0.25, 0.3) is 11.5 Å². The number of hydrogen-bond donors (Lipinski definition) is 0. The van der Waals surface area contributed by atoms with Crippen molar-refractivity contribution in [1.82, 2.24) is 9.47 Å². The Bertz CT molecular complexity index is 1360. The van der Waals surface area contributed by atoms with E-state index in [0.29, 0.717) is 71.1 Å². The van der Waals surface area contributed by atoms with E-state index in [1.165, 1.54) is 17.8 Å². The number of unbranched alkanes of at least 4 members (excludes halogenated alkanes) is 1. The van der Waals surface area contributed by atoms with Crippen molar-refractivity contribution in [1.29, 1.82) is 5.26 Å². The number of aromatic nitrogens is 1. The van der Waals surface area contributed by atoms with Crippen molar-refractivity contribution in [3.63, 3.8) is 0 Å². The van der Waals surface area contributed by atoms with E-state index in [2.05, 4.69) is 17.9 Å². The molecular formula is C27H30FN5O2S2. The minimum Gasteiger partial charge on any atom is -0.366 e. The Balaban J connectivity index is 1.75. The van der Waals surface area contributed by atoms with E-state index in [1.54, 1.807) is 34.6 Å². The van der Waals surface area contributed by atoms with Gasteiger partial charge in [0.05, 0.1) is 10.6 Å². The Morgan fingerprint density at radius 1 is 1.14 bits per heavy atom. The number of hydrogen-bond acceptors (Lipinski definition) is 7. The highest BCUT2D eigenvalue weighted by molar-refractivity contribution is 8.26. The van der Waals surface area contributed by atoms with Crippen LogP contribution < -0.4 is 15.4 Å². The molecule has 1 amide bonds. The van der Waals surface area contributed by atoms with Gasteiger partial charge in [0.15, 0.2) is 0 Å². The lowest BCUT2D eigenvalue weighted by Gasteiger charge is -2.39. The van der Waals surface area contributed by atoms with Crippen LogP contribution in [0.4, 0.5) is 15.9 Å². The lowest BCUT2D eigenvalue weighted by atomic mass is 10.0. The number of thioether (sulfide) groups is 1. The minimum absolute atomic E-state index is 0.0725. The summed E-state index contributed by atoms with van der Waals surface area (Å²) in [4.78, 5) is 32.6. The fraction of sp³-hybridized carbons (Fsp3) is 0.407. The molecule has 2 aliphatic rings. The van der Waals surface area contributed by atoms with Crippen molar-refractivity contribution < 1.29 is 9.18 Å². The molecule has 3 heterocycles.